The topological polar surface area (TPSA) is 73.9 Å². The minimum atomic E-state index is -2.51. The van der Waals surface area contributed by atoms with Crippen LogP contribution in [0.5, 0.6) is 0 Å². The van der Waals surface area contributed by atoms with Gasteiger partial charge in [0.2, 0.25) is 0 Å². The first-order valence-corrected chi connectivity index (χ1v) is 6.47. The second kappa shape index (κ2) is 9.69. The Balaban J connectivity index is 0.000000351. The number of amidine groups is 1. The van der Waals surface area contributed by atoms with Crippen molar-refractivity contribution in [1.82, 2.24) is 20.1 Å². The van der Waals surface area contributed by atoms with Gasteiger partial charge in [-0.2, -0.15) is 14.6 Å². The molecule has 0 bridgehead atoms. The zero-order valence-electron chi connectivity index (χ0n) is 13.4. The molecule has 0 atom stereocenters. The Morgan fingerprint density at radius 2 is 1.71 bits per heavy atom. The van der Waals surface area contributed by atoms with Crippen LogP contribution in [0.25, 0.3) is 11.0 Å². The number of halogens is 3. The molecule has 2 rings (SSSR count). The number of para-hydroxylation sites is 1. The summed E-state index contributed by atoms with van der Waals surface area (Å²) in [5, 5.41) is 8.00. The Kier molecular flexibility index (Phi) is 7.95. The van der Waals surface area contributed by atoms with E-state index in [0.29, 0.717) is 6.02 Å². The molecule has 0 unspecified atom stereocenters. The summed E-state index contributed by atoms with van der Waals surface area (Å²) in [5.74, 6) is 0. The third-order valence-electron chi connectivity index (χ3n) is 2.47. The lowest BCUT2D eigenvalue weighted by molar-refractivity contribution is -0.480. The maximum Gasteiger partial charge on any atom is 0.737 e. The number of fused-ring (bicyclic) bond motifs is 1. The van der Waals surface area contributed by atoms with Gasteiger partial charge in [-0.1, -0.05) is 30.6 Å². The molecule has 0 saturated heterocycles. The maximum absolute atomic E-state index is 10.4. The lowest BCUT2D eigenvalue weighted by Crippen LogP contribution is -2.39. The monoisotopic (exact) mass is 350 g/mol. The van der Waals surface area contributed by atoms with Gasteiger partial charge in [0.15, 0.2) is 0 Å². The molecule has 1 aromatic carbocycles. The fourth-order valence-corrected chi connectivity index (χ4v) is 1.60. The number of aromatic nitrogens is 3. The number of benzene rings is 1. The minimum absolute atomic E-state index is 0.681. The van der Waals surface area contributed by atoms with E-state index in [-0.39, 0.29) is 0 Å². The summed E-state index contributed by atoms with van der Waals surface area (Å²) in [6.07, 6.45) is 0. The quantitative estimate of drug-likeness (QED) is 0.348. The predicted molar refractivity (Wildman–Crippen MR) is 77.2 cm³/mol. The molecule has 9 nitrogen and oxygen atoms in total. The largest absolute Gasteiger partial charge is 0.737 e. The molecule has 0 radical (unpaired) electrons. The predicted octanol–water partition coefficient (Wildman–Crippen LogP) is 0.724. The van der Waals surface area contributed by atoms with E-state index < -0.39 is 7.32 Å². The van der Waals surface area contributed by atoms with Crippen molar-refractivity contribution < 1.29 is 37.6 Å². The molecule has 0 aliphatic heterocycles. The Labute approximate surface area is 135 Å². The van der Waals surface area contributed by atoms with Crippen LogP contribution in [0.1, 0.15) is 0 Å². The van der Waals surface area contributed by atoms with E-state index in [1.54, 1.807) is 0 Å². The molecule has 1 aromatic heterocycles. The summed E-state index contributed by atoms with van der Waals surface area (Å²) in [5.41, 5.74) is 1.65. The van der Waals surface area contributed by atoms with Crippen molar-refractivity contribution in [3.8, 4) is 0 Å². The minimum Gasteiger partial charge on any atom is -0.278 e. The highest BCUT2D eigenvalue weighted by atomic mass is 19.3. The van der Waals surface area contributed by atoms with Crippen molar-refractivity contribution in [3.05, 3.63) is 24.3 Å². The summed E-state index contributed by atoms with van der Waals surface area (Å²) in [6, 6.07) is 8.34. The first-order chi connectivity index (χ1) is 11.4. The molecule has 0 aliphatic rings. The standard InChI is InChI=1S/C11H16N5O.BF3O3/c1-14(2)11(15(3)4)17-16-10-8-6-5-7-9(10)12-13-16;2-5-1(6-3)7-4/h5-8H,1-4H3;/q+1;. The Hall–Kier alpha value is -2.38. The first kappa shape index (κ1) is 19.7. The van der Waals surface area contributed by atoms with E-state index in [1.165, 1.54) is 4.85 Å². The fraction of sp³-hybridized carbons (Fsp3) is 0.364. The molecule has 0 saturated carbocycles. The smallest absolute Gasteiger partial charge is 0.278 e. The normalized spacial score (nSPS) is 9.96. The zero-order chi connectivity index (χ0) is 18.1. The molecule has 132 valence electrons. The van der Waals surface area contributed by atoms with Crippen LogP contribution >= 0.6 is 0 Å². The van der Waals surface area contributed by atoms with Crippen molar-refractivity contribution >= 4 is 24.4 Å². The summed E-state index contributed by atoms with van der Waals surface area (Å²) in [4.78, 5) is 16.1. The first-order valence-electron chi connectivity index (χ1n) is 6.47. The van der Waals surface area contributed by atoms with Gasteiger partial charge in [-0.05, 0) is 17.3 Å². The molecular weight excluding hydrogens is 334 g/mol. The highest BCUT2D eigenvalue weighted by Gasteiger charge is 2.25. The highest BCUT2D eigenvalue weighted by molar-refractivity contribution is 6.35. The van der Waals surface area contributed by atoms with E-state index in [2.05, 4.69) is 24.9 Å². The molecule has 1 heterocycles. The molecule has 0 fully saturated rings. The van der Waals surface area contributed by atoms with Gasteiger partial charge in [-0.3, -0.25) is 4.84 Å². The Morgan fingerprint density at radius 1 is 1.12 bits per heavy atom. The molecule has 2 aromatic rings. The van der Waals surface area contributed by atoms with E-state index in [0.717, 1.165) is 11.0 Å². The van der Waals surface area contributed by atoms with E-state index >= 15 is 0 Å². The summed E-state index contributed by atoms with van der Waals surface area (Å²) >= 11 is 0. The Bertz CT molecular complexity index is 658. The second-order valence-corrected chi connectivity index (χ2v) is 4.67. The summed E-state index contributed by atoms with van der Waals surface area (Å²) in [7, 11) is 5.13. The van der Waals surface area contributed by atoms with Crippen molar-refractivity contribution in [1.29, 1.82) is 0 Å². The lowest BCUT2D eigenvalue weighted by atomic mass is 10.3. The van der Waals surface area contributed by atoms with Crippen LogP contribution in [-0.2, 0) is 14.6 Å². The average molecular weight is 350 g/mol. The molecule has 13 heteroatoms. The lowest BCUT2D eigenvalue weighted by Gasteiger charge is -2.10. The van der Waals surface area contributed by atoms with Gasteiger partial charge in [-0.15, -0.1) is 5.10 Å². The van der Waals surface area contributed by atoms with Gasteiger partial charge in [0.1, 0.15) is 11.0 Å². The number of rotatable bonds is 4. The third kappa shape index (κ3) is 5.36. The van der Waals surface area contributed by atoms with Gasteiger partial charge in [0, 0.05) is 0 Å². The van der Waals surface area contributed by atoms with Crippen molar-refractivity contribution in [3.63, 3.8) is 0 Å². The average Bonchev–Trinajstić information content (AvgIpc) is 2.97. The molecule has 0 spiro atoms. The number of hydrogen-bond acceptors (Lipinski definition) is 6. The molecule has 0 aliphatic carbocycles. The van der Waals surface area contributed by atoms with Gasteiger partial charge in [0.25, 0.3) is 0 Å². The van der Waals surface area contributed by atoms with E-state index in [4.69, 9.17) is 4.84 Å². The molecule has 0 amide bonds. The fourth-order valence-electron chi connectivity index (χ4n) is 1.60. The van der Waals surface area contributed by atoms with Crippen LogP contribution in [0.4, 0.5) is 13.6 Å². The highest BCUT2D eigenvalue weighted by Crippen LogP contribution is 2.08. The molecule has 0 N–H and O–H groups in total. The van der Waals surface area contributed by atoms with Crippen molar-refractivity contribution in [2.45, 2.75) is 0 Å². The number of nitrogens with zero attached hydrogens (tertiary/aromatic N) is 5. The summed E-state index contributed by atoms with van der Waals surface area (Å²) in [6.45, 7) is 0. The van der Waals surface area contributed by atoms with Crippen molar-refractivity contribution in [2.24, 2.45) is 0 Å². The molecular formula is C11H16BF3N5O4+. The van der Waals surface area contributed by atoms with Gasteiger partial charge >= 0.3 is 13.3 Å². The van der Waals surface area contributed by atoms with Gasteiger partial charge < -0.3 is 0 Å². The van der Waals surface area contributed by atoms with Crippen LogP contribution in [-0.4, -0.2) is 66.2 Å². The zero-order valence-corrected chi connectivity index (χ0v) is 13.4. The van der Waals surface area contributed by atoms with Crippen molar-refractivity contribution in [2.75, 3.05) is 28.2 Å². The number of hydrogen-bond donors (Lipinski definition) is 0. The van der Waals surface area contributed by atoms with E-state index in [1.807, 2.05) is 61.9 Å². The molecule has 24 heavy (non-hydrogen) atoms. The maximum atomic E-state index is 10.4. The van der Waals surface area contributed by atoms with Crippen LogP contribution in [0.3, 0.4) is 0 Å². The van der Waals surface area contributed by atoms with Crippen LogP contribution in [0, 0.1) is 0 Å². The van der Waals surface area contributed by atoms with Gasteiger partial charge in [-0.25, -0.2) is 9.48 Å². The van der Waals surface area contributed by atoms with Gasteiger partial charge in [0.05, 0.1) is 28.2 Å². The van der Waals surface area contributed by atoms with Crippen LogP contribution < -0.4 is 4.84 Å². The Morgan fingerprint density at radius 3 is 2.17 bits per heavy atom. The van der Waals surface area contributed by atoms with Crippen LogP contribution in [0.2, 0.25) is 0 Å². The van der Waals surface area contributed by atoms with Crippen LogP contribution in [0.15, 0.2) is 24.3 Å². The second-order valence-electron chi connectivity index (χ2n) is 4.67. The SMILES string of the molecule is CN(C)C(On1nnc2ccccc21)=[N+](C)C.FOB(OF)OF. The van der Waals surface area contributed by atoms with E-state index in [9.17, 15) is 13.6 Å². The summed E-state index contributed by atoms with van der Waals surface area (Å²) < 4.78 is 33.2. The third-order valence-corrected chi connectivity index (χ3v) is 2.47.